The van der Waals surface area contributed by atoms with Crippen molar-refractivity contribution < 1.29 is 14.4 Å². The molecule has 1 saturated carbocycles. The number of aromatic nitrogens is 1. The second-order valence-corrected chi connectivity index (χ2v) is 10.9. The van der Waals surface area contributed by atoms with E-state index in [2.05, 4.69) is 64.8 Å². The van der Waals surface area contributed by atoms with E-state index >= 15 is 0 Å². The van der Waals surface area contributed by atoms with Gasteiger partial charge < -0.3 is 19.3 Å². The highest BCUT2D eigenvalue weighted by Crippen LogP contribution is 2.58. The molecule has 0 radical (unpaired) electrons. The van der Waals surface area contributed by atoms with Gasteiger partial charge in [-0.25, -0.2) is 0 Å². The Bertz CT molecular complexity index is 886. The van der Waals surface area contributed by atoms with Gasteiger partial charge in [0.25, 0.3) is 0 Å². The highest BCUT2D eigenvalue weighted by molar-refractivity contribution is 6.55. The molecule has 162 valence electrons. The molecule has 3 heterocycles. The van der Waals surface area contributed by atoms with Gasteiger partial charge in [0.05, 0.1) is 29.1 Å². The summed E-state index contributed by atoms with van der Waals surface area (Å²) in [4.78, 5) is 7.11. The predicted octanol–water partition coefficient (Wildman–Crippen LogP) is 4.22. The smallest absolute Gasteiger partial charge is 0.399 e. The minimum atomic E-state index is -0.957. The summed E-state index contributed by atoms with van der Waals surface area (Å²) in [6.07, 6.45) is 6.69. The normalized spacial score (nSPS) is 32.0. The molecule has 3 atom stereocenters. The zero-order chi connectivity index (χ0) is 22.1. The molecule has 1 saturated heterocycles. The molecule has 6 heteroatoms. The molecule has 30 heavy (non-hydrogen) atoms. The van der Waals surface area contributed by atoms with Crippen molar-refractivity contribution in [3.05, 3.63) is 53.4 Å². The van der Waals surface area contributed by atoms with Crippen LogP contribution in [0.5, 0.6) is 0 Å². The number of allylic oxidation sites excluding steroid dienone is 2. The zero-order valence-electron chi connectivity index (χ0n) is 19.6. The van der Waals surface area contributed by atoms with Gasteiger partial charge in [-0.3, -0.25) is 4.98 Å². The van der Waals surface area contributed by atoms with Gasteiger partial charge in [0, 0.05) is 11.5 Å². The van der Waals surface area contributed by atoms with E-state index in [-0.39, 0.29) is 23.7 Å². The molecule has 3 aliphatic rings. The molecule has 2 fully saturated rings. The average molecular weight is 410 g/mol. The van der Waals surface area contributed by atoms with Crippen molar-refractivity contribution in [2.24, 2.45) is 11.3 Å². The maximum Gasteiger partial charge on any atom is 0.496 e. The first kappa shape index (κ1) is 21.6. The van der Waals surface area contributed by atoms with Crippen LogP contribution >= 0.6 is 0 Å². The van der Waals surface area contributed by atoms with Crippen molar-refractivity contribution in [1.82, 2.24) is 9.88 Å². The number of fused-ring (bicyclic) bond motifs is 1. The summed E-state index contributed by atoms with van der Waals surface area (Å²) in [5.41, 5.74) is 1.10. The van der Waals surface area contributed by atoms with E-state index in [1.165, 1.54) is 0 Å². The molecule has 2 aliphatic heterocycles. The number of aliphatic hydroxyl groups is 1. The topological polar surface area (TPSA) is 54.8 Å². The number of hydrogen-bond acceptors (Lipinski definition) is 5. The van der Waals surface area contributed by atoms with E-state index in [4.69, 9.17) is 14.3 Å². The molecular weight excluding hydrogens is 375 g/mol. The van der Waals surface area contributed by atoms with Gasteiger partial charge in [0.15, 0.2) is 0 Å². The summed E-state index contributed by atoms with van der Waals surface area (Å²) in [7, 11) is -0.388. The lowest BCUT2D eigenvalue weighted by Crippen LogP contribution is -2.41. The second-order valence-electron chi connectivity index (χ2n) is 10.9. The van der Waals surface area contributed by atoms with E-state index in [9.17, 15) is 5.11 Å². The van der Waals surface area contributed by atoms with Gasteiger partial charge >= 0.3 is 7.12 Å². The summed E-state index contributed by atoms with van der Waals surface area (Å²) < 4.78 is 12.6. The Balaban J connectivity index is 1.64. The first-order valence-electron chi connectivity index (χ1n) is 11.0. The number of rotatable bonds is 4. The molecule has 1 N–H and O–H groups in total. The summed E-state index contributed by atoms with van der Waals surface area (Å²) in [5, 5.41) is 10.4. The fraction of sp³-hybridized carbons (Fsp3) is 0.625. The van der Waals surface area contributed by atoms with Crippen LogP contribution in [0.25, 0.3) is 0 Å². The summed E-state index contributed by atoms with van der Waals surface area (Å²) in [6.45, 7) is 17.2. The highest BCUT2D eigenvalue weighted by Gasteiger charge is 2.60. The Labute approximate surface area is 181 Å². The summed E-state index contributed by atoms with van der Waals surface area (Å²) in [6, 6.07) is 6.28. The largest absolute Gasteiger partial charge is 0.496 e. The minimum Gasteiger partial charge on any atom is -0.399 e. The van der Waals surface area contributed by atoms with Crippen LogP contribution in [0.15, 0.2) is 42.0 Å². The van der Waals surface area contributed by atoms with Crippen molar-refractivity contribution in [2.45, 2.75) is 84.8 Å². The summed E-state index contributed by atoms with van der Waals surface area (Å²) >= 11 is 0. The van der Waals surface area contributed by atoms with Crippen LogP contribution in [-0.4, -0.2) is 39.4 Å². The minimum absolute atomic E-state index is 0.121. The van der Waals surface area contributed by atoms with Crippen LogP contribution in [0, 0.1) is 11.3 Å². The molecule has 1 aromatic heterocycles. The zero-order valence-corrected chi connectivity index (χ0v) is 19.6. The molecule has 3 unspecified atom stereocenters. The third-order valence-electron chi connectivity index (χ3n) is 7.59. The fourth-order valence-corrected chi connectivity index (χ4v) is 4.57. The SMILES string of the molecule is CC1C2N(Cc3cccc(C(C)(C)O)n3)C=C(B3OC(C)(C)C(C)(C)O3)C=CC12C. The van der Waals surface area contributed by atoms with Crippen LogP contribution < -0.4 is 0 Å². The first-order chi connectivity index (χ1) is 13.7. The van der Waals surface area contributed by atoms with Gasteiger partial charge in [-0.1, -0.05) is 32.1 Å². The average Bonchev–Trinajstić information content (AvgIpc) is 3.12. The Hall–Kier alpha value is -1.63. The van der Waals surface area contributed by atoms with Crippen molar-refractivity contribution in [3.63, 3.8) is 0 Å². The van der Waals surface area contributed by atoms with E-state index in [1.807, 2.05) is 18.2 Å². The molecule has 5 nitrogen and oxygen atoms in total. The quantitative estimate of drug-likeness (QED) is 0.754. The van der Waals surface area contributed by atoms with E-state index in [1.54, 1.807) is 13.8 Å². The second kappa shape index (κ2) is 6.68. The Morgan fingerprint density at radius 2 is 1.77 bits per heavy atom. The molecule has 0 aromatic carbocycles. The van der Waals surface area contributed by atoms with E-state index < -0.39 is 5.60 Å². The van der Waals surface area contributed by atoms with Crippen molar-refractivity contribution in [2.75, 3.05) is 0 Å². The first-order valence-corrected chi connectivity index (χ1v) is 11.0. The number of pyridine rings is 1. The van der Waals surface area contributed by atoms with Gasteiger partial charge in [-0.05, 0) is 71.3 Å². The third kappa shape index (κ3) is 3.53. The molecule has 0 amide bonds. The number of hydrogen-bond donors (Lipinski definition) is 1. The van der Waals surface area contributed by atoms with Crippen LogP contribution in [0.2, 0.25) is 0 Å². The molecular formula is C24H35BN2O3. The van der Waals surface area contributed by atoms with Crippen LogP contribution in [0.1, 0.15) is 66.8 Å². The molecule has 0 spiro atoms. The summed E-state index contributed by atoms with van der Waals surface area (Å²) in [5.74, 6) is 0.558. The predicted molar refractivity (Wildman–Crippen MR) is 119 cm³/mol. The van der Waals surface area contributed by atoms with Gasteiger partial charge in [-0.15, -0.1) is 0 Å². The lowest BCUT2D eigenvalue weighted by atomic mass is 9.78. The molecule has 1 aromatic rings. The monoisotopic (exact) mass is 410 g/mol. The van der Waals surface area contributed by atoms with Crippen LogP contribution in [0.4, 0.5) is 0 Å². The lowest BCUT2D eigenvalue weighted by Gasteiger charge is -2.32. The lowest BCUT2D eigenvalue weighted by molar-refractivity contribution is 0.00578. The van der Waals surface area contributed by atoms with Crippen molar-refractivity contribution in [3.8, 4) is 0 Å². The third-order valence-corrected chi connectivity index (χ3v) is 7.59. The Morgan fingerprint density at radius 3 is 2.37 bits per heavy atom. The standard InChI is InChI=1S/C24H35BN2O3/c1-16-20-24(16,8)13-12-17(25-29-22(4,5)23(6,7)30-25)14-27(20)15-18-10-9-11-19(26-18)21(2,3)28/h9-14,16,20,28H,15H2,1-8H3. The molecule has 4 rings (SSSR count). The molecule has 1 aliphatic carbocycles. The Kier molecular flexibility index (Phi) is 4.81. The van der Waals surface area contributed by atoms with Crippen molar-refractivity contribution in [1.29, 1.82) is 0 Å². The van der Waals surface area contributed by atoms with Crippen LogP contribution in [0.3, 0.4) is 0 Å². The highest BCUT2D eigenvalue weighted by atomic mass is 16.7. The maximum absolute atomic E-state index is 10.4. The van der Waals surface area contributed by atoms with Gasteiger partial charge in [0.2, 0.25) is 0 Å². The van der Waals surface area contributed by atoms with Gasteiger partial charge in [-0.2, -0.15) is 0 Å². The van der Waals surface area contributed by atoms with Crippen LogP contribution in [-0.2, 0) is 21.5 Å². The Morgan fingerprint density at radius 1 is 1.13 bits per heavy atom. The number of nitrogens with zero attached hydrogens (tertiary/aromatic N) is 2. The van der Waals surface area contributed by atoms with Gasteiger partial charge in [0.1, 0.15) is 5.60 Å². The molecule has 0 bridgehead atoms. The maximum atomic E-state index is 10.4. The fourth-order valence-electron chi connectivity index (χ4n) is 4.57. The van der Waals surface area contributed by atoms with E-state index in [0.717, 1.165) is 11.2 Å². The van der Waals surface area contributed by atoms with Crippen molar-refractivity contribution >= 4 is 7.12 Å². The van der Waals surface area contributed by atoms with E-state index in [0.29, 0.717) is 24.2 Å².